The SMILES string of the molecule is OCCc1cnn(-c2ccc(-c3ccccc3)cc2)c1-c1ccccc1F. The maximum absolute atomic E-state index is 14.5. The molecule has 0 saturated carbocycles. The number of halogens is 1. The molecule has 4 rings (SSSR count). The van der Waals surface area contributed by atoms with Gasteiger partial charge in [-0.3, -0.25) is 0 Å². The van der Waals surface area contributed by atoms with E-state index in [4.69, 9.17) is 0 Å². The van der Waals surface area contributed by atoms with Crippen molar-refractivity contribution in [3.05, 3.63) is 96.4 Å². The van der Waals surface area contributed by atoms with Crippen molar-refractivity contribution < 1.29 is 9.50 Å². The third-order valence-electron chi connectivity index (χ3n) is 4.57. The zero-order valence-electron chi connectivity index (χ0n) is 14.7. The van der Waals surface area contributed by atoms with Crippen LogP contribution in [-0.2, 0) is 6.42 Å². The fourth-order valence-corrected chi connectivity index (χ4v) is 3.25. The lowest BCUT2D eigenvalue weighted by molar-refractivity contribution is 0.300. The van der Waals surface area contributed by atoms with Crippen LogP contribution in [0.2, 0.25) is 0 Å². The van der Waals surface area contributed by atoms with Crippen LogP contribution in [0.4, 0.5) is 4.39 Å². The van der Waals surface area contributed by atoms with Crippen LogP contribution in [0.15, 0.2) is 85.1 Å². The molecule has 134 valence electrons. The molecule has 1 N–H and O–H groups in total. The summed E-state index contributed by atoms with van der Waals surface area (Å²) in [5, 5.41) is 13.8. The summed E-state index contributed by atoms with van der Waals surface area (Å²) in [5.74, 6) is -0.306. The minimum Gasteiger partial charge on any atom is -0.396 e. The number of aliphatic hydroxyl groups excluding tert-OH is 1. The van der Waals surface area contributed by atoms with E-state index in [0.29, 0.717) is 17.7 Å². The summed E-state index contributed by atoms with van der Waals surface area (Å²) in [6.07, 6.45) is 2.12. The van der Waals surface area contributed by atoms with Gasteiger partial charge in [0.2, 0.25) is 0 Å². The molecule has 0 unspecified atom stereocenters. The normalized spacial score (nSPS) is 10.9. The monoisotopic (exact) mass is 358 g/mol. The number of rotatable bonds is 5. The summed E-state index contributed by atoms with van der Waals surface area (Å²) in [5.41, 5.74) is 5.06. The Morgan fingerprint density at radius 1 is 0.815 bits per heavy atom. The first-order valence-electron chi connectivity index (χ1n) is 8.86. The van der Waals surface area contributed by atoms with Gasteiger partial charge in [0.1, 0.15) is 5.82 Å². The Kier molecular flexibility index (Phi) is 4.81. The van der Waals surface area contributed by atoms with Crippen LogP contribution in [0.25, 0.3) is 28.1 Å². The summed E-state index contributed by atoms with van der Waals surface area (Å²) in [6, 6.07) is 24.8. The molecular formula is C23H19FN2O. The van der Waals surface area contributed by atoms with Crippen LogP contribution >= 0.6 is 0 Å². The Balaban J connectivity index is 1.79. The largest absolute Gasteiger partial charge is 0.396 e. The van der Waals surface area contributed by atoms with Gasteiger partial charge in [0.25, 0.3) is 0 Å². The molecule has 3 nitrogen and oxygen atoms in total. The molecule has 4 heteroatoms. The number of aromatic nitrogens is 2. The van der Waals surface area contributed by atoms with Crippen LogP contribution in [0, 0.1) is 5.82 Å². The van der Waals surface area contributed by atoms with E-state index in [1.54, 1.807) is 29.1 Å². The van der Waals surface area contributed by atoms with Gasteiger partial charge in [-0.1, -0.05) is 54.6 Å². The van der Waals surface area contributed by atoms with Crippen LogP contribution in [0.3, 0.4) is 0 Å². The summed E-state index contributed by atoms with van der Waals surface area (Å²) in [7, 11) is 0. The van der Waals surface area contributed by atoms with Crippen molar-refractivity contribution in [2.45, 2.75) is 6.42 Å². The number of hydrogen-bond acceptors (Lipinski definition) is 2. The van der Waals surface area contributed by atoms with Gasteiger partial charge in [-0.25, -0.2) is 9.07 Å². The van der Waals surface area contributed by atoms with Gasteiger partial charge >= 0.3 is 0 Å². The van der Waals surface area contributed by atoms with Crippen molar-refractivity contribution in [2.24, 2.45) is 0 Å². The van der Waals surface area contributed by atoms with E-state index in [1.165, 1.54) is 6.07 Å². The van der Waals surface area contributed by atoms with Crippen LogP contribution < -0.4 is 0 Å². The minimum absolute atomic E-state index is 0.0138. The predicted octanol–water partition coefficient (Wildman–Crippen LogP) is 4.88. The molecule has 0 saturated heterocycles. The lowest BCUT2D eigenvalue weighted by Gasteiger charge is -2.11. The summed E-state index contributed by atoms with van der Waals surface area (Å²) >= 11 is 0. The zero-order chi connectivity index (χ0) is 18.6. The van der Waals surface area contributed by atoms with Gasteiger partial charge in [0, 0.05) is 17.7 Å². The smallest absolute Gasteiger partial charge is 0.132 e. The highest BCUT2D eigenvalue weighted by atomic mass is 19.1. The Bertz CT molecular complexity index is 1040. The summed E-state index contributed by atoms with van der Waals surface area (Å²) < 4.78 is 16.2. The van der Waals surface area contributed by atoms with E-state index in [0.717, 1.165) is 22.4 Å². The molecule has 0 atom stereocenters. The maximum Gasteiger partial charge on any atom is 0.132 e. The highest BCUT2D eigenvalue weighted by Crippen LogP contribution is 2.30. The van der Waals surface area contributed by atoms with Gasteiger partial charge in [0.15, 0.2) is 0 Å². The van der Waals surface area contributed by atoms with Crippen molar-refractivity contribution in [3.8, 4) is 28.1 Å². The molecule has 0 fully saturated rings. The van der Waals surface area contributed by atoms with Crippen molar-refractivity contribution >= 4 is 0 Å². The second-order valence-corrected chi connectivity index (χ2v) is 6.30. The van der Waals surface area contributed by atoms with Crippen molar-refractivity contribution in [1.29, 1.82) is 0 Å². The molecule has 0 spiro atoms. The van der Waals surface area contributed by atoms with E-state index in [9.17, 15) is 9.50 Å². The molecule has 0 amide bonds. The van der Waals surface area contributed by atoms with Gasteiger partial charge in [0.05, 0.1) is 17.6 Å². The second kappa shape index (κ2) is 7.56. The standard InChI is InChI=1S/C23H19FN2O/c24-22-9-5-4-8-21(22)23-19(14-15-27)16-25-26(23)20-12-10-18(11-13-20)17-6-2-1-3-7-17/h1-13,16,27H,14-15H2. The van der Waals surface area contributed by atoms with Crippen molar-refractivity contribution in [3.63, 3.8) is 0 Å². The molecule has 0 radical (unpaired) electrons. The Morgan fingerprint density at radius 2 is 1.48 bits per heavy atom. The lowest BCUT2D eigenvalue weighted by atomic mass is 10.0. The van der Waals surface area contributed by atoms with E-state index >= 15 is 0 Å². The van der Waals surface area contributed by atoms with Crippen LogP contribution in [0.1, 0.15) is 5.56 Å². The average Bonchev–Trinajstić information content (AvgIpc) is 3.13. The average molecular weight is 358 g/mol. The molecular weight excluding hydrogens is 339 g/mol. The van der Waals surface area contributed by atoms with Crippen LogP contribution in [0.5, 0.6) is 0 Å². The van der Waals surface area contributed by atoms with E-state index < -0.39 is 0 Å². The number of hydrogen-bond donors (Lipinski definition) is 1. The number of benzene rings is 3. The first-order chi connectivity index (χ1) is 13.3. The Hall–Kier alpha value is -3.24. The third kappa shape index (κ3) is 3.39. The highest BCUT2D eigenvalue weighted by molar-refractivity contribution is 5.68. The molecule has 1 heterocycles. The first kappa shape index (κ1) is 17.2. The number of aliphatic hydroxyl groups is 1. The minimum atomic E-state index is -0.306. The second-order valence-electron chi connectivity index (χ2n) is 6.30. The Labute approximate surface area is 157 Å². The highest BCUT2D eigenvalue weighted by Gasteiger charge is 2.17. The Morgan fingerprint density at radius 3 is 2.19 bits per heavy atom. The van der Waals surface area contributed by atoms with Crippen molar-refractivity contribution in [1.82, 2.24) is 9.78 Å². The van der Waals surface area contributed by atoms with Crippen molar-refractivity contribution in [2.75, 3.05) is 6.61 Å². The summed E-state index contributed by atoms with van der Waals surface area (Å²) in [4.78, 5) is 0. The first-order valence-corrected chi connectivity index (χ1v) is 8.86. The van der Waals surface area contributed by atoms with E-state index in [1.807, 2.05) is 42.5 Å². The van der Waals surface area contributed by atoms with Gasteiger partial charge < -0.3 is 5.11 Å². The molecule has 1 aromatic heterocycles. The third-order valence-corrected chi connectivity index (χ3v) is 4.57. The fourth-order valence-electron chi connectivity index (χ4n) is 3.25. The van der Waals surface area contributed by atoms with Gasteiger partial charge in [-0.2, -0.15) is 5.10 Å². The van der Waals surface area contributed by atoms with Gasteiger partial charge in [-0.05, 0) is 41.8 Å². The summed E-state index contributed by atoms with van der Waals surface area (Å²) in [6.45, 7) is -0.0138. The molecule has 4 aromatic rings. The molecule has 0 aliphatic carbocycles. The maximum atomic E-state index is 14.5. The fraction of sp³-hybridized carbons (Fsp3) is 0.0870. The zero-order valence-corrected chi connectivity index (χ0v) is 14.7. The topological polar surface area (TPSA) is 38.1 Å². The van der Waals surface area contributed by atoms with E-state index in [-0.39, 0.29) is 12.4 Å². The molecule has 3 aromatic carbocycles. The quantitative estimate of drug-likeness (QED) is 0.552. The number of nitrogens with zero attached hydrogens (tertiary/aromatic N) is 2. The van der Waals surface area contributed by atoms with Gasteiger partial charge in [-0.15, -0.1) is 0 Å². The van der Waals surface area contributed by atoms with Crippen LogP contribution in [-0.4, -0.2) is 21.5 Å². The molecule has 27 heavy (non-hydrogen) atoms. The van der Waals surface area contributed by atoms with E-state index in [2.05, 4.69) is 17.2 Å². The predicted molar refractivity (Wildman–Crippen MR) is 105 cm³/mol. The molecule has 0 aliphatic heterocycles. The molecule has 0 aliphatic rings. The molecule has 0 bridgehead atoms. The lowest BCUT2D eigenvalue weighted by Crippen LogP contribution is -2.02.